The zero-order chi connectivity index (χ0) is 17.8. The average Bonchev–Trinajstić information content (AvgIpc) is 2.70. The topological polar surface area (TPSA) is 38.0 Å². The molecule has 4 rings (SSSR count). The van der Waals surface area contributed by atoms with Gasteiger partial charge < -0.3 is 11.1 Å². The van der Waals surface area contributed by atoms with Gasteiger partial charge in [0.05, 0.1) is 0 Å². The lowest BCUT2D eigenvalue weighted by atomic mass is 9.97. The van der Waals surface area contributed by atoms with Crippen LogP contribution in [0, 0.1) is 0 Å². The Morgan fingerprint density at radius 1 is 0.538 bits per heavy atom. The van der Waals surface area contributed by atoms with Crippen molar-refractivity contribution < 1.29 is 0 Å². The van der Waals surface area contributed by atoms with Crippen LogP contribution < -0.4 is 11.1 Å². The molecule has 0 aromatic heterocycles. The number of nitrogen functional groups attached to an aromatic ring is 1. The van der Waals surface area contributed by atoms with E-state index < -0.39 is 0 Å². The highest BCUT2D eigenvalue weighted by molar-refractivity contribution is 5.85. The molecule has 2 nitrogen and oxygen atoms in total. The summed E-state index contributed by atoms with van der Waals surface area (Å²) in [6.45, 7) is 0. The molecular formula is C24H20N2. The van der Waals surface area contributed by atoms with E-state index in [1.807, 2.05) is 36.4 Å². The number of nitrogens with two attached hydrogens (primary N) is 1. The molecule has 26 heavy (non-hydrogen) atoms. The summed E-state index contributed by atoms with van der Waals surface area (Å²) in [6.07, 6.45) is 0. The molecule has 0 saturated heterocycles. The second-order valence-corrected chi connectivity index (χ2v) is 6.24. The summed E-state index contributed by atoms with van der Waals surface area (Å²) in [7, 11) is 0. The SMILES string of the molecule is Nc1ccc(-c2ccc(Nc3ccccc3)c(-c3ccccc3)c2)cc1. The van der Waals surface area contributed by atoms with Crippen molar-refractivity contribution in [1.82, 2.24) is 0 Å². The molecule has 0 spiro atoms. The quantitative estimate of drug-likeness (QED) is 0.426. The van der Waals surface area contributed by atoms with Crippen LogP contribution in [0.4, 0.5) is 17.1 Å². The Morgan fingerprint density at radius 2 is 1.15 bits per heavy atom. The number of para-hydroxylation sites is 1. The van der Waals surface area contributed by atoms with E-state index >= 15 is 0 Å². The Kier molecular flexibility index (Phi) is 4.40. The third kappa shape index (κ3) is 3.45. The fraction of sp³-hybridized carbons (Fsp3) is 0. The number of rotatable bonds is 4. The standard InChI is InChI=1S/C24H20N2/c25-21-14-11-18(12-15-21)20-13-16-24(26-22-9-5-2-6-10-22)23(17-20)19-7-3-1-4-8-19/h1-17,26H,25H2. The van der Waals surface area contributed by atoms with Gasteiger partial charge >= 0.3 is 0 Å². The first-order valence-electron chi connectivity index (χ1n) is 8.67. The van der Waals surface area contributed by atoms with Crippen LogP contribution in [0.3, 0.4) is 0 Å². The fourth-order valence-corrected chi connectivity index (χ4v) is 3.04. The summed E-state index contributed by atoms with van der Waals surface area (Å²) in [5, 5.41) is 3.54. The summed E-state index contributed by atoms with van der Waals surface area (Å²) in [6, 6.07) is 35.2. The van der Waals surface area contributed by atoms with Gasteiger partial charge in [0.1, 0.15) is 0 Å². The van der Waals surface area contributed by atoms with Gasteiger partial charge in [0.2, 0.25) is 0 Å². The monoisotopic (exact) mass is 336 g/mol. The predicted molar refractivity (Wildman–Crippen MR) is 111 cm³/mol. The van der Waals surface area contributed by atoms with Gasteiger partial charge in [-0.15, -0.1) is 0 Å². The van der Waals surface area contributed by atoms with E-state index in [9.17, 15) is 0 Å². The third-order valence-corrected chi connectivity index (χ3v) is 4.40. The molecule has 0 atom stereocenters. The van der Waals surface area contributed by atoms with Crippen LogP contribution in [0.25, 0.3) is 22.3 Å². The molecule has 4 aromatic carbocycles. The molecule has 0 aliphatic heterocycles. The molecular weight excluding hydrogens is 316 g/mol. The van der Waals surface area contributed by atoms with E-state index in [1.165, 1.54) is 16.7 Å². The molecule has 0 amide bonds. The van der Waals surface area contributed by atoms with Crippen molar-refractivity contribution in [2.24, 2.45) is 0 Å². The molecule has 126 valence electrons. The largest absolute Gasteiger partial charge is 0.399 e. The summed E-state index contributed by atoms with van der Waals surface area (Å²) >= 11 is 0. The summed E-state index contributed by atoms with van der Waals surface area (Å²) in [5.41, 5.74) is 13.4. The second-order valence-electron chi connectivity index (χ2n) is 6.24. The molecule has 0 aliphatic rings. The molecule has 3 N–H and O–H groups in total. The van der Waals surface area contributed by atoms with Crippen molar-refractivity contribution in [3.63, 3.8) is 0 Å². The van der Waals surface area contributed by atoms with Gasteiger partial charge in [-0.25, -0.2) is 0 Å². The van der Waals surface area contributed by atoms with Crippen LogP contribution in [0.2, 0.25) is 0 Å². The van der Waals surface area contributed by atoms with E-state index in [4.69, 9.17) is 5.73 Å². The smallest absolute Gasteiger partial charge is 0.0464 e. The summed E-state index contributed by atoms with van der Waals surface area (Å²) < 4.78 is 0. The van der Waals surface area contributed by atoms with Crippen LogP contribution in [0.15, 0.2) is 103 Å². The minimum Gasteiger partial charge on any atom is -0.399 e. The fourth-order valence-electron chi connectivity index (χ4n) is 3.04. The van der Waals surface area contributed by atoms with E-state index in [2.05, 4.69) is 72.0 Å². The van der Waals surface area contributed by atoms with Gasteiger partial charge in [-0.05, 0) is 53.1 Å². The van der Waals surface area contributed by atoms with Crippen molar-refractivity contribution in [2.45, 2.75) is 0 Å². The number of hydrogen-bond donors (Lipinski definition) is 2. The van der Waals surface area contributed by atoms with E-state index in [0.717, 1.165) is 22.6 Å². The first kappa shape index (κ1) is 16.0. The lowest BCUT2D eigenvalue weighted by Crippen LogP contribution is -1.94. The maximum Gasteiger partial charge on any atom is 0.0464 e. The highest BCUT2D eigenvalue weighted by Gasteiger charge is 2.08. The molecule has 0 saturated carbocycles. The van der Waals surface area contributed by atoms with E-state index in [0.29, 0.717) is 0 Å². The molecule has 0 fully saturated rings. The normalized spacial score (nSPS) is 10.5. The first-order valence-corrected chi connectivity index (χ1v) is 8.67. The molecule has 0 aliphatic carbocycles. The van der Waals surface area contributed by atoms with Gasteiger partial charge in [0.15, 0.2) is 0 Å². The Balaban J connectivity index is 1.80. The summed E-state index contributed by atoms with van der Waals surface area (Å²) in [4.78, 5) is 0. The lowest BCUT2D eigenvalue weighted by molar-refractivity contribution is 1.52. The maximum atomic E-state index is 5.83. The van der Waals surface area contributed by atoms with Gasteiger partial charge in [-0.2, -0.15) is 0 Å². The predicted octanol–water partition coefficient (Wildman–Crippen LogP) is 6.35. The van der Waals surface area contributed by atoms with Crippen LogP contribution in [-0.2, 0) is 0 Å². The number of nitrogens with one attached hydrogen (secondary N) is 1. The molecule has 2 heteroatoms. The van der Waals surface area contributed by atoms with Crippen molar-refractivity contribution in [3.8, 4) is 22.3 Å². The minimum atomic E-state index is 0.777. The van der Waals surface area contributed by atoms with Crippen LogP contribution >= 0.6 is 0 Å². The van der Waals surface area contributed by atoms with Crippen molar-refractivity contribution in [1.29, 1.82) is 0 Å². The average molecular weight is 336 g/mol. The van der Waals surface area contributed by atoms with Gasteiger partial charge in [-0.1, -0.05) is 66.7 Å². The van der Waals surface area contributed by atoms with Gasteiger partial charge in [0, 0.05) is 22.6 Å². The highest BCUT2D eigenvalue weighted by Crippen LogP contribution is 2.34. The lowest BCUT2D eigenvalue weighted by Gasteiger charge is -2.15. The highest BCUT2D eigenvalue weighted by atomic mass is 14.9. The van der Waals surface area contributed by atoms with Crippen molar-refractivity contribution >= 4 is 17.1 Å². The number of anilines is 3. The Hall–Kier alpha value is -3.52. The van der Waals surface area contributed by atoms with Gasteiger partial charge in [-0.3, -0.25) is 0 Å². The van der Waals surface area contributed by atoms with Crippen molar-refractivity contribution in [3.05, 3.63) is 103 Å². The Labute approximate surface area is 153 Å². The summed E-state index contributed by atoms with van der Waals surface area (Å²) in [5.74, 6) is 0. The zero-order valence-electron chi connectivity index (χ0n) is 14.4. The van der Waals surface area contributed by atoms with Crippen LogP contribution in [0.1, 0.15) is 0 Å². The Morgan fingerprint density at radius 3 is 1.85 bits per heavy atom. The number of benzene rings is 4. The second kappa shape index (κ2) is 7.16. The number of hydrogen-bond acceptors (Lipinski definition) is 2. The molecule has 0 unspecified atom stereocenters. The molecule has 0 bridgehead atoms. The zero-order valence-corrected chi connectivity index (χ0v) is 14.4. The maximum absolute atomic E-state index is 5.83. The van der Waals surface area contributed by atoms with E-state index in [1.54, 1.807) is 0 Å². The van der Waals surface area contributed by atoms with Crippen LogP contribution in [-0.4, -0.2) is 0 Å². The van der Waals surface area contributed by atoms with Crippen molar-refractivity contribution in [2.75, 3.05) is 11.1 Å². The van der Waals surface area contributed by atoms with Gasteiger partial charge in [0.25, 0.3) is 0 Å². The first-order chi connectivity index (χ1) is 12.8. The van der Waals surface area contributed by atoms with E-state index in [-0.39, 0.29) is 0 Å². The third-order valence-electron chi connectivity index (χ3n) is 4.40. The van der Waals surface area contributed by atoms with Crippen LogP contribution in [0.5, 0.6) is 0 Å². The molecule has 0 radical (unpaired) electrons. The molecule has 0 heterocycles. The minimum absolute atomic E-state index is 0.777. The Bertz CT molecular complexity index is 991. The molecule has 4 aromatic rings.